The van der Waals surface area contributed by atoms with Crippen molar-refractivity contribution in [3.05, 3.63) is 23.8 Å². The van der Waals surface area contributed by atoms with Crippen LogP contribution in [-0.2, 0) is 0 Å². The smallest absolute Gasteiger partial charge is 0.251 e. The van der Waals surface area contributed by atoms with Crippen molar-refractivity contribution >= 4 is 21.8 Å². The van der Waals surface area contributed by atoms with Crippen molar-refractivity contribution < 1.29 is 14.3 Å². The highest BCUT2D eigenvalue weighted by atomic mass is 79.9. The van der Waals surface area contributed by atoms with E-state index in [1.807, 2.05) is 0 Å². The van der Waals surface area contributed by atoms with Crippen LogP contribution in [0.5, 0.6) is 11.5 Å². The van der Waals surface area contributed by atoms with E-state index in [4.69, 9.17) is 9.47 Å². The van der Waals surface area contributed by atoms with Gasteiger partial charge < -0.3 is 14.8 Å². The van der Waals surface area contributed by atoms with Gasteiger partial charge >= 0.3 is 0 Å². The molecule has 0 bridgehead atoms. The average molecular weight is 356 g/mol. The highest BCUT2D eigenvalue weighted by Gasteiger charge is 2.26. The molecule has 1 amide bonds. The molecule has 4 nitrogen and oxygen atoms in total. The van der Waals surface area contributed by atoms with E-state index < -0.39 is 0 Å². The molecule has 1 saturated carbocycles. The van der Waals surface area contributed by atoms with Crippen LogP contribution in [0.25, 0.3) is 0 Å². The van der Waals surface area contributed by atoms with Gasteiger partial charge in [0.1, 0.15) is 11.5 Å². The third-order valence-corrected chi connectivity index (χ3v) is 4.87. The molecule has 1 aliphatic rings. The van der Waals surface area contributed by atoms with Crippen molar-refractivity contribution in [1.82, 2.24) is 5.32 Å². The fourth-order valence-electron chi connectivity index (χ4n) is 2.77. The van der Waals surface area contributed by atoms with Gasteiger partial charge in [-0.05, 0) is 30.9 Å². The molecule has 1 aromatic rings. The van der Waals surface area contributed by atoms with Crippen molar-refractivity contribution in [3.63, 3.8) is 0 Å². The van der Waals surface area contributed by atoms with Crippen LogP contribution in [0.15, 0.2) is 18.2 Å². The average Bonchev–Trinajstić information content (AvgIpc) is 2.54. The van der Waals surface area contributed by atoms with Crippen LogP contribution in [0.1, 0.15) is 36.0 Å². The van der Waals surface area contributed by atoms with E-state index >= 15 is 0 Å². The van der Waals surface area contributed by atoms with Gasteiger partial charge in [0.15, 0.2) is 0 Å². The number of hydrogen-bond donors (Lipinski definition) is 1. The molecule has 2 unspecified atom stereocenters. The highest BCUT2D eigenvalue weighted by molar-refractivity contribution is 9.09. The Morgan fingerprint density at radius 3 is 2.38 bits per heavy atom. The predicted octanol–water partition coefficient (Wildman–Crippen LogP) is 3.39. The van der Waals surface area contributed by atoms with Crippen molar-refractivity contribution in [3.8, 4) is 11.5 Å². The Kier molecular flexibility index (Phi) is 5.91. The number of carbonyl (C=O) groups excluding carboxylic acids is 1. The Hall–Kier alpha value is -1.23. The van der Waals surface area contributed by atoms with Crippen molar-refractivity contribution in [1.29, 1.82) is 0 Å². The first-order valence-corrected chi connectivity index (χ1v) is 8.40. The predicted molar refractivity (Wildman–Crippen MR) is 86.6 cm³/mol. The Labute approximate surface area is 134 Å². The number of amides is 1. The molecule has 116 valence electrons. The summed E-state index contributed by atoms with van der Waals surface area (Å²) in [5.41, 5.74) is 0.574. The summed E-state index contributed by atoms with van der Waals surface area (Å²) in [7, 11) is 3.16. The molecule has 0 spiro atoms. The number of halogens is 1. The molecule has 2 atom stereocenters. The summed E-state index contributed by atoms with van der Waals surface area (Å²) >= 11 is 3.55. The summed E-state index contributed by atoms with van der Waals surface area (Å²) in [6.07, 6.45) is 4.63. The molecule has 0 radical (unpaired) electrons. The number of rotatable bonds is 5. The van der Waals surface area contributed by atoms with Crippen LogP contribution in [0, 0.1) is 5.92 Å². The van der Waals surface area contributed by atoms with Gasteiger partial charge in [-0.15, -0.1) is 0 Å². The first-order valence-electron chi connectivity index (χ1n) is 7.27. The van der Waals surface area contributed by atoms with E-state index in [9.17, 15) is 4.79 Å². The van der Waals surface area contributed by atoms with Crippen molar-refractivity contribution in [2.45, 2.75) is 31.7 Å². The van der Waals surface area contributed by atoms with Crippen LogP contribution in [0.4, 0.5) is 0 Å². The van der Waals surface area contributed by atoms with E-state index in [-0.39, 0.29) is 11.9 Å². The zero-order valence-electron chi connectivity index (χ0n) is 12.5. The first kappa shape index (κ1) is 16.1. The Bertz CT molecular complexity index is 470. The number of methoxy groups -OCH3 is 2. The minimum absolute atomic E-state index is 0.0648. The highest BCUT2D eigenvalue weighted by Crippen LogP contribution is 2.27. The second-order valence-electron chi connectivity index (χ2n) is 5.38. The zero-order valence-corrected chi connectivity index (χ0v) is 14.1. The zero-order chi connectivity index (χ0) is 15.2. The summed E-state index contributed by atoms with van der Waals surface area (Å²) in [5.74, 6) is 1.70. The second-order valence-corrected chi connectivity index (χ2v) is 6.03. The SMILES string of the molecule is COc1cc(OC)cc(C(=O)NC2CCCCC2CBr)c1. The molecule has 0 aliphatic heterocycles. The van der Waals surface area contributed by atoms with E-state index in [2.05, 4.69) is 21.2 Å². The lowest BCUT2D eigenvalue weighted by molar-refractivity contribution is 0.0911. The maximum atomic E-state index is 12.5. The Balaban J connectivity index is 2.12. The summed E-state index contributed by atoms with van der Waals surface area (Å²) in [6, 6.07) is 5.48. The van der Waals surface area contributed by atoms with Gasteiger partial charge in [0.05, 0.1) is 14.2 Å². The van der Waals surface area contributed by atoms with Gasteiger partial charge in [0.2, 0.25) is 0 Å². The van der Waals surface area contributed by atoms with Gasteiger partial charge in [0.25, 0.3) is 5.91 Å². The number of ether oxygens (including phenoxy) is 2. The first-order chi connectivity index (χ1) is 10.2. The molecule has 1 aliphatic carbocycles. The van der Waals surface area contributed by atoms with Gasteiger partial charge in [-0.2, -0.15) is 0 Å². The molecular weight excluding hydrogens is 334 g/mol. The van der Waals surface area contributed by atoms with Crippen LogP contribution < -0.4 is 14.8 Å². The van der Waals surface area contributed by atoms with Crippen molar-refractivity contribution in [2.24, 2.45) is 5.92 Å². The Morgan fingerprint density at radius 1 is 1.19 bits per heavy atom. The van der Waals surface area contributed by atoms with Gasteiger partial charge in [0, 0.05) is 23.0 Å². The summed E-state index contributed by atoms with van der Waals surface area (Å²) < 4.78 is 10.4. The van der Waals surface area contributed by atoms with E-state index in [0.29, 0.717) is 23.0 Å². The molecule has 5 heteroatoms. The normalized spacial score (nSPS) is 21.7. The molecule has 1 N–H and O–H groups in total. The van der Waals surface area contributed by atoms with Crippen LogP contribution in [-0.4, -0.2) is 31.5 Å². The molecule has 2 rings (SSSR count). The maximum Gasteiger partial charge on any atom is 0.251 e. The van der Waals surface area contributed by atoms with Gasteiger partial charge in [-0.1, -0.05) is 28.8 Å². The molecule has 21 heavy (non-hydrogen) atoms. The van der Waals surface area contributed by atoms with E-state index in [1.54, 1.807) is 32.4 Å². The number of hydrogen-bond acceptors (Lipinski definition) is 3. The molecule has 0 aromatic heterocycles. The fourth-order valence-corrected chi connectivity index (χ4v) is 3.55. The van der Waals surface area contributed by atoms with Gasteiger partial charge in [-0.3, -0.25) is 4.79 Å². The number of carbonyl (C=O) groups is 1. The molecular formula is C16H22BrNO3. The van der Waals surface area contributed by atoms with Crippen LogP contribution >= 0.6 is 15.9 Å². The summed E-state index contributed by atoms with van der Waals surface area (Å²) in [6.45, 7) is 0. The quantitative estimate of drug-likeness (QED) is 0.823. The fraction of sp³-hybridized carbons (Fsp3) is 0.562. The third kappa shape index (κ3) is 4.13. The number of alkyl halides is 1. The maximum absolute atomic E-state index is 12.5. The third-order valence-electron chi connectivity index (χ3n) is 4.04. The largest absolute Gasteiger partial charge is 0.497 e. The lowest BCUT2D eigenvalue weighted by atomic mass is 9.86. The lowest BCUT2D eigenvalue weighted by Gasteiger charge is -2.31. The lowest BCUT2D eigenvalue weighted by Crippen LogP contribution is -2.42. The molecule has 0 saturated heterocycles. The van der Waals surface area contributed by atoms with Crippen LogP contribution in [0.2, 0.25) is 0 Å². The minimum Gasteiger partial charge on any atom is -0.497 e. The molecule has 0 heterocycles. The van der Waals surface area contributed by atoms with Crippen molar-refractivity contribution in [2.75, 3.05) is 19.5 Å². The van der Waals surface area contributed by atoms with Crippen LogP contribution in [0.3, 0.4) is 0 Å². The Morgan fingerprint density at radius 2 is 1.81 bits per heavy atom. The number of benzene rings is 1. The monoisotopic (exact) mass is 355 g/mol. The summed E-state index contributed by atoms with van der Waals surface area (Å²) in [5, 5.41) is 4.09. The standard InChI is InChI=1S/C16H22BrNO3/c1-20-13-7-12(8-14(9-13)21-2)16(19)18-15-6-4-3-5-11(15)10-17/h7-9,11,15H,3-6,10H2,1-2H3,(H,18,19). The topological polar surface area (TPSA) is 47.6 Å². The van der Waals surface area contributed by atoms with Gasteiger partial charge in [-0.25, -0.2) is 0 Å². The van der Waals surface area contributed by atoms with E-state index in [0.717, 1.165) is 18.2 Å². The summed E-state index contributed by atoms with van der Waals surface area (Å²) in [4.78, 5) is 12.5. The van der Waals surface area contributed by atoms with E-state index in [1.165, 1.54) is 12.8 Å². The second kappa shape index (κ2) is 7.69. The molecule has 1 fully saturated rings. The number of nitrogens with one attached hydrogen (secondary N) is 1. The molecule has 1 aromatic carbocycles. The minimum atomic E-state index is -0.0648.